The second-order valence-corrected chi connectivity index (χ2v) is 5.41. The number of nitrogens with zero attached hydrogens (tertiary/aromatic N) is 2. The van der Waals surface area contributed by atoms with Gasteiger partial charge in [-0.15, -0.1) is 0 Å². The Morgan fingerprint density at radius 2 is 1.62 bits per heavy atom. The van der Waals surface area contributed by atoms with Gasteiger partial charge >= 0.3 is 0 Å². The number of benzene rings is 2. The lowest BCUT2D eigenvalue weighted by Crippen LogP contribution is -2.03. The van der Waals surface area contributed by atoms with Crippen LogP contribution in [-0.4, -0.2) is 9.97 Å². The van der Waals surface area contributed by atoms with Crippen molar-refractivity contribution in [1.29, 1.82) is 0 Å². The first kappa shape index (κ1) is 15.9. The van der Waals surface area contributed by atoms with Gasteiger partial charge in [-0.2, -0.15) is 4.98 Å². The van der Waals surface area contributed by atoms with Gasteiger partial charge in [-0.25, -0.2) is 13.8 Å². The molecule has 0 amide bonds. The van der Waals surface area contributed by atoms with Crippen LogP contribution in [0.1, 0.15) is 11.3 Å². The van der Waals surface area contributed by atoms with Crippen LogP contribution in [0.2, 0.25) is 0 Å². The Morgan fingerprint density at radius 1 is 0.833 bits per heavy atom. The molecule has 0 bridgehead atoms. The number of hydrogen-bond acceptors (Lipinski definition) is 4. The zero-order valence-corrected chi connectivity index (χ0v) is 13.3. The first-order valence-corrected chi connectivity index (χ1v) is 7.42. The molecule has 0 aliphatic carbocycles. The number of hydrogen-bond donors (Lipinski definition) is 2. The lowest BCUT2D eigenvalue weighted by molar-refractivity contribution is 0.509. The topological polar surface area (TPSA) is 49.8 Å². The molecule has 3 rings (SSSR count). The Balaban J connectivity index is 1.86. The van der Waals surface area contributed by atoms with Crippen molar-refractivity contribution in [3.8, 4) is 0 Å². The molecule has 3 aromatic rings. The Labute approximate surface area is 138 Å². The average Bonchev–Trinajstić information content (AvgIpc) is 2.53. The Kier molecular flexibility index (Phi) is 4.37. The predicted molar refractivity (Wildman–Crippen MR) is 90.9 cm³/mol. The molecule has 0 atom stereocenters. The van der Waals surface area contributed by atoms with E-state index in [2.05, 4.69) is 20.6 Å². The summed E-state index contributed by atoms with van der Waals surface area (Å²) < 4.78 is 26.3. The molecule has 24 heavy (non-hydrogen) atoms. The van der Waals surface area contributed by atoms with Gasteiger partial charge in [0.25, 0.3) is 0 Å². The zero-order valence-electron chi connectivity index (χ0n) is 13.3. The minimum absolute atomic E-state index is 0.303. The highest BCUT2D eigenvalue weighted by molar-refractivity contribution is 5.62. The second-order valence-electron chi connectivity index (χ2n) is 5.41. The molecule has 4 nitrogen and oxygen atoms in total. The fourth-order valence-corrected chi connectivity index (χ4v) is 2.24. The maximum absolute atomic E-state index is 13.3. The number of para-hydroxylation sites is 1. The summed E-state index contributed by atoms with van der Waals surface area (Å²) in [5.41, 5.74) is 3.14. The minimum Gasteiger partial charge on any atom is -0.340 e. The monoisotopic (exact) mass is 326 g/mol. The SMILES string of the molecule is Cc1cc(Nc2ccccc2C)nc(Nc2ccc(F)c(F)c2)n1. The van der Waals surface area contributed by atoms with Crippen LogP contribution in [0, 0.1) is 25.5 Å². The number of anilines is 4. The summed E-state index contributed by atoms with van der Waals surface area (Å²) in [7, 11) is 0. The van der Waals surface area contributed by atoms with E-state index in [1.165, 1.54) is 6.07 Å². The zero-order chi connectivity index (χ0) is 17.1. The third-order valence-electron chi connectivity index (χ3n) is 3.44. The number of halogens is 2. The standard InChI is InChI=1S/C18H16F2N4/c1-11-5-3-4-6-16(11)23-17-9-12(2)21-18(24-17)22-13-7-8-14(19)15(20)10-13/h3-10H,1-2H3,(H2,21,22,23,24). The molecule has 1 heterocycles. The van der Waals surface area contributed by atoms with E-state index in [-0.39, 0.29) is 0 Å². The Morgan fingerprint density at radius 3 is 2.38 bits per heavy atom. The highest BCUT2D eigenvalue weighted by Gasteiger charge is 2.07. The molecule has 0 aliphatic heterocycles. The number of aryl methyl sites for hydroxylation is 2. The van der Waals surface area contributed by atoms with E-state index in [4.69, 9.17) is 0 Å². The van der Waals surface area contributed by atoms with Crippen molar-refractivity contribution in [3.05, 3.63) is 71.4 Å². The van der Waals surface area contributed by atoms with Crippen LogP contribution in [0.4, 0.5) is 31.9 Å². The van der Waals surface area contributed by atoms with Gasteiger partial charge in [-0.05, 0) is 37.6 Å². The highest BCUT2D eigenvalue weighted by Crippen LogP contribution is 2.22. The molecule has 2 aromatic carbocycles. The van der Waals surface area contributed by atoms with E-state index in [1.807, 2.05) is 44.2 Å². The van der Waals surface area contributed by atoms with E-state index in [9.17, 15) is 8.78 Å². The fraction of sp³-hybridized carbons (Fsp3) is 0.111. The van der Waals surface area contributed by atoms with Crippen LogP contribution in [0.3, 0.4) is 0 Å². The van der Waals surface area contributed by atoms with E-state index in [0.29, 0.717) is 17.5 Å². The van der Waals surface area contributed by atoms with Crippen molar-refractivity contribution in [3.63, 3.8) is 0 Å². The van der Waals surface area contributed by atoms with Crippen LogP contribution >= 0.6 is 0 Å². The van der Waals surface area contributed by atoms with E-state index < -0.39 is 11.6 Å². The molecule has 122 valence electrons. The maximum Gasteiger partial charge on any atom is 0.229 e. The second kappa shape index (κ2) is 6.62. The van der Waals surface area contributed by atoms with Crippen molar-refractivity contribution in [1.82, 2.24) is 9.97 Å². The van der Waals surface area contributed by atoms with E-state index in [1.54, 1.807) is 0 Å². The number of aromatic nitrogens is 2. The normalized spacial score (nSPS) is 10.5. The van der Waals surface area contributed by atoms with Crippen molar-refractivity contribution < 1.29 is 8.78 Å². The van der Waals surface area contributed by atoms with Crippen LogP contribution in [0.15, 0.2) is 48.5 Å². The van der Waals surface area contributed by atoms with Gasteiger partial charge in [0.1, 0.15) is 5.82 Å². The molecule has 0 spiro atoms. The average molecular weight is 326 g/mol. The highest BCUT2D eigenvalue weighted by atomic mass is 19.2. The largest absolute Gasteiger partial charge is 0.340 e. The summed E-state index contributed by atoms with van der Waals surface area (Å²) in [6.07, 6.45) is 0. The molecule has 0 aliphatic rings. The lowest BCUT2D eigenvalue weighted by atomic mass is 10.2. The predicted octanol–water partition coefficient (Wildman–Crippen LogP) is 4.86. The van der Waals surface area contributed by atoms with Gasteiger partial charge in [-0.1, -0.05) is 18.2 Å². The quantitative estimate of drug-likeness (QED) is 0.719. The van der Waals surface area contributed by atoms with E-state index in [0.717, 1.165) is 29.1 Å². The fourth-order valence-electron chi connectivity index (χ4n) is 2.24. The Bertz CT molecular complexity index is 881. The lowest BCUT2D eigenvalue weighted by Gasteiger charge is -2.11. The third kappa shape index (κ3) is 3.65. The Hall–Kier alpha value is -3.02. The molecule has 0 fully saturated rings. The van der Waals surface area contributed by atoms with Crippen molar-refractivity contribution in [2.45, 2.75) is 13.8 Å². The summed E-state index contributed by atoms with van der Waals surface area (Å²) in [6.45, 7) is 3.83. The summed E-state index contributed by atoms with van der Waals surface area (Å²) in [5, 5.41) is 6.12. The molecule has 1 aromatic heterocycles. The molecule has 0 radical (unpaired) electrons. The van der Waals surface area contributed by atoms with Crippen molar-refractivity contribution >= 4 is 23.1 Å². The first-order valence-electron chi connectivity index (χ1n) is 7.42. The smallest absolute Gasteiger partial charge is 0.229 e. The number of rotatable bonds is 4. The molecular weight excluding hydrogens is 310 g/mol. The van der Waals surface area contributed by atoms with Gasteiger partial charge in [-0.3, -0.25) is 0 Å². The summed E-state index contributed by atoms with van der Waals surface area (Å²) in [6, 6.07) is 13.2. The van der Waals surface area contributed by atoms with Gasteiger partial charge in [0, 0.05) is 29.2 Å². The molecule has 0 saturated heterocycles. The van der Waals surface area contributed by atoms with Crippen molar-refractivity contribution in [2.24, 2.45) is 0 Å². The molecule has 0 unspecified atom stereocenters. The van der Waals surface area contributed by atoms with Crippen LogP contribution in [-0.2, 0) is 0 Å². The molecule has 2 N–H and O–H groups in total. The van der Waals surface area contributed by atoms with Gasteiger partial charge < -0.3 is 10.6 Å². The van der Waals surface area contributed by atoms with Gasteiger partial charge in [0.2, 0.25) is 5.95 Å². The first-order chi connectivity index (χ1) is 11.5. The van der Waals surface area contributed by atoms with Crippen LogP contribution in [0.5, 0.6) is 0 Å². The van der Waals surface area contributed by atoms with Gasteiger partial charge in [0.05, 0.1) is 0 Å². The summed E-state index contributed by atoms with van der Waals surface area (Å²) in [4.78, 5) is 8.63. The number of nitrogens with one attached hydrogen (secondary N) is 2. The molecular formula is C18H16F2N4. The molecule has 6 heteroatoms. The minimum atomic E-state index is -0.925. The van der Waals surface area contributed by atoms with Gasteiger partial charge in [0.15, 0.2) is 11.6 Å². The van der Waals surface area contributed by atoms with Crippen LogP contribution < -0.4 is 10.6 Å². The summed E-state index contributed by atoms with van der Waals surface area (Å²) >= 11 is 0. The van der Waals surface area contributed by atoms with Crippen molar-refractivity contribution in [2.75, 3.05) is 10.6 Å². The van der Waals surface area contributed by atoms with E-state index >= 15 is 0 Å². The molecule has 0 saturated carbocycles. The third-order valence-corrected chi connectivity index (χ3v) is 3.44. The summed E-state index contributed by atoms with van der Waals surface area (Å²) in [5.74, 6) is -0.905. The maximum atomic E-state index is 13.3. The van der Waals surface area contributed by atoms with Crippen LogP contribution in [0.25, 0.3) is 0 Å².